The molecular formula is C21H18F2N2O. The van der Waals surface area contributed by atoms with Crippen LogP contribution in [0.3, 0.4) is 0 Å². The summed E-state index contributed by atoms with van der Waals surface area (Å²) >= 11 is 0. The Labute approximate surface area is 150 Å². The number of hydrogen-bond acceptors (Lipinski definition) is 2. The average Bonchev–Trinajstić information content (AvgIpc) is 2.59. The second-order valence-corrected chi connectivity index (χ2v) is 6.10. The third-order valence-electron chi connectivity index (χ3n) is 4.06. The van der Waals surface area contributed by atoms with Gasteiger partial charge in [0, 0.05) is 47.6 Å². The van der Waals surface area contributed by atoms with Gasteiger partial charge in [0.15, 0.2) is 0 Å². The molecule has 0 spiro atoms. The van der Waals surface area contributed by atoms with Crippen molar-refractivity contribution in [3.05, 3.63) is 83.2 Å². The minimum atomic E-state index is -0.546. The number of amides is 1. The van der Waals surface area contributed by atoms with Crippen LogP contribution in [0.1, 0.15) is 23.7 Å². The van der Waals surface area contributed by atoms with Gasteiger partial charge in [-0.3, -0.25) is 9.78 Å². The fourth-order valence-electron chi connectivity index (χ4n) is 2.91. The summed E-state index contributed by atoms with van der Waals surface area (Å²) in [4.78, 5) is 15.6. The molecular weight excluding hydrogens is 334 g/mol. The van der Waals surface area contributed by atoms with E-state index in [1.807, 2.05) is 13.0 Å². The summed E-state index contributed by atoms with van der Waals surface area (Å²) in [6.07, 6.45) is 1.91. The van der Waals surface area contributed by atoms with Crippen molar-refractivity contribution >= 4 is 11.6 Å². The fourth-order valence-corrected chi connectivity index (χ4v) is 2.91. The van der Waals surface area contributed by atoms with E-state index in [1.165, 1.54) is 25.1 Å². The molecule has 132 valence electrons. The maximum absolute atomic E-state index is 15.3. The van der Waals surface area contributed by atoms with Crippen LogP contribution < -0.4 is 5.32 Å². The lowest BCUT2D eigenvalue weighted by atomic mass is 9.96. The van der Waals surface area contributed by atoms with E-state index < -0.39 is 11.6 Å². The van der Waals surface area contributed by atoms with Crippen LogP contribution >= 0.6 is 0 Å². The number of benzene rings is 2. The quantitative estimate of drug-likeness (QED) is 0.727. The van der Waals surface area contributed by atoms with E-state index in [2.05, 4.69) is 10.3 Å². The molecule has 0 unspecified atom stereocenters. The van der Waals surface area contributed by atoms with Crippen molar-refractivity contribution in [2.75, 3.05) is 5.32 Å². The number of carbonyl (C=O) groups excluding carboxylic acids is 1. The van der Waals surface area contributed by atoms with Crippen LogP contribution in [-0.4, -0.2) is 10.9 Å². The molecule has 0 aliphatic heterocycles. The van der Waals surface area contributed by atoms with Crippen molar-refractivity contribution in [2.24, 2.45) is 0 Å². The summed E-state index contributed by atoms with van der Waals surface area (Å²) in [5.74, 6) is -1.34. The van der Waals surface area contributed by atoms with Crippen molar-refractivity contribution in [2.45, 2.75) is 20.3 Å². The van der Waals surface area contributed by atoms with Crippen LogP contribution in [0.2, 0.25) is 0 Å². The Balaban J connectivity index is 2.13. The molecule has 0 saturated heterocycles. The highest BCUT2D eigenvalue weighted by Crippen LogP contribution is 2.32. The summed E-state index contributed by atoms with van der Waals surface area (Å²) in [6, 6.07) is 12.8. The fraction of sp³-hybridized carbons (Fsp3) is 0.143. The molecule has 1 aromatic heterocycles. The highest BCUT2D eigenvalue weighted by atomic mass is 19.1. The Morgan fingerprint density at radius 2 is 1.85 bits per heavy atom. The van der Waals surface area contributed by atoms with Crippen LogP contribution in [0.25, 0.3) is 11.1 Å². The van der Waals surface area contributed by atoms with Gasteiger partial charge in [-0.1, -0.05) is 18.2 Å². The molecule has 1 amide bonds. The van der Waals surface area contributed by atoms with E-state index in [9.17, 15) is 9.18 Å². The van der Waals surface area contributed by atoms with Gasteiger partial charge < -0.3 is 5.32 Å². The molecule has 0 fully saturated rings. The number of anilines is 1. The predicted octanol–water partition coefficient (Wildman–Crippen LogP) is 4.88. The molecule has 2 aromatic carbocycles. The third-order valence-corrected chi connectivity index (χ3v) is 4.06. The largest absolute Gasteiger partial charge is 0.326 e. The molecule has 26 heavy (non-hydrogen) atoms. The highest BCUT2D eigenvalue weighted by Gasteiger charge is 2.18. The van der Waals surface area contributed by atoms with Gasteiger partial charge >= 0.3 is 0 Å². The number of aryl methyl sites for hydroxylation is 1. The lowest BCUT2D eigenvalue weighted by molar-refractivity contribution is -0.114. The second kappa shape index (κ2) is 7.44. The van der Waals surface area contributed by atoms with Crippen molar-refractivity contribution in [3.63, 3.8) is 0 Å². The number of pyridine rings is 1. The number of rotatable bonds is 4. The standard InChI is InChI=1S/C21H18F2N2O/c1-13-11-15(9-10-24-13)12-18-20(25-14(2)26)8-7-17(21(18)23)16-5-3-4-6-19(16)22/h3-11H,12H2,1-2H3,(H,25,26). The van der Waals surface area contributed by atoms with Gasteiger partial charge in [0.2, 0.25) is 5.91 Å². The molecule has 5 heteroatoms. The molecule has 3 aromatic rings. The van der Waals surface area contributed by atoms with Gasteiger partial charge in [-0.15, -0.1) is 0 Å². The molecule has 3 rings (SSSR count). The first kappa shape index (κ1) is 17.7. The average molecular weight is 352 g/mol. The van der Waals surface area contributed by atoms with E-state index >= 15 is 4.39 Å². The first-order chi connectivity index (χ1) is 12.5. The Morgan fingerprint density at radius 1 is 1.08 bits per heavy atom. The molecule has 1 N–H and O–H groups in total. The zero-order chi connectivity index (χ0) is 18.7. The number of aromatic nitrogens is 1. The van der Waals surface area contributed by atoms with Crippen LogP contribution in [0.4, 0.5) is 14.5 Å². The molecule has 0 radical (unpaired) electrons. The number of nitrogens with zero attached hydrogens (tertiary/aromatic N) is 1. The maximum Gasteiger partial charge on any atom is 0.221 e. The Morgan fingerprint density at radius 3 is 2.54 bits per heavy atom. The molecule has 3 nitrogen and oxygen atoms in total. The Bertz CT molecular complexity index is 970. The SMILES string of the molecule is CC(=O)Nc1ccc(-c2ccccc2F)c(F)c1Cc1ccnc(C)c1. The van der Waals surface area contributed by atoms with E-state index in [-0.39, 0.29) is 23.5 Å². The van der Waals surface area contributed by atoms with E-state index in [1.54, 1.807) is 30.5 Å². The summed E-state index contributed by atoms with van der Waals surface area (Å²) in [7, 11) is 0. The number of halogens is 2. The number of carbonyl (C=O) groups is 1. The number of hydrogen-bond donors (Lipinski definition) is 1. The molecule has 0 aliphatic rings. The van der Waals surface area contributed by atoms with Crippen molar-refractivity contribution in [3.8, 4) is 11.1 Å². The first-order valence-electron chi connectivity index (χ1n) is 8.21. The highest BCUT2D eigenvalue weighted by molar-refractivity contribution is 5.90. The van der Waals surface area contributed by atoms with E-state index in [0.29, 0.717) is 11.3 Å². The van der Waals surface area contributed by atoms with Crippen LogP contribution in [0.15, 0.2) is 54.7 Å². The van der Waals surface area contributed by atoms with E-state index in [4.69, 9.17) is 0 Å². The molecule has 0 aliphatic carbocycles. The van der Waals surface area contributed by atoms with Crippen LogP contribution in [0.5, 0.6) is 0 Å². The van der Waals surface area contributed by atoms with E-state index in [0.717, 1.165) is 11.3 Å². The number of nitrogens with one attached hydrogen (secondary N) is 1. The predicted molar refractivity (Wildman–Crippen MR) is 97.9 cm³/mol. The van der Waals surface area contributed by atoms with Gasteiger partial charge in [0.1, 0.15) is 11.6 Å². The van der Waals surface area contributed by atoms with Crippen LogP contribution in [-0.2, 0) is 11.2 Å². The Hall–Kier alpha value is -3.08. The zero-order valence-corrected chi connectivity index (χ0v) is 14.5. The van der Waals surface area contributed by atoms with Crippen molar-refractivity contribution in [1.82, 2.24) is 4.98 Å². The van der Waals surface area contributed by atoms with Crippen molar-refractivity contribution < 1.29 is 13.6 Å². The van der Waals surface area contributed by atoms with Gasteiger partial charge in [-0.25, -0.2) is 8.78 Å². The zero-order valence-electron chi connectivity index (χ0n) is 14.5. The molecule has 0 bridgehead atoms. The second-order valence-electron chi connectivity index (χ2n) is 6.10. The topological polar surface area (TPSA) is 42.0 Å². The maximum atomic E-state index is 15.3. The minimum Gasteiger partial charge on any atom is -0.326 e. The molecule has 0 atom stereocenters. The lowest BCUT2D eigenvalue weighted by Gasteiger charge is -2.15. The van der Waals surface area contributed by atoms with Gasteiger partial charge in [0.05, 0.1) is 0 Å². The molecule has 0 saturated carbocycles. The summed E-state index contributed by atoms with van der Waals surface area (Å²) in [5, 5.41) is 2.65. The first-order valence-corrected chi connectivity index (χ1v) is 8.21. The minimum absolute atomic E-state index is 0.165. The van der Waals surface area contributed by atoms with Gasteiger partial charge in [-0.05, 0) is 42.8 Å². The molecule has 1 heterocycles. The van der Waals surface area contributed by atoms with Gasteiger partial charge in [-0.2, -0.15) is 0 Å². The van der Waals surface area contributed by atoms with Crippen molar-refractivity contribution in [1.29, 1.82) is 0 Å². The lowest BCUT2D eigenvalue weighted by Crippen LogP contribution is -2.10. The smallest absolute Gasteiger partial charge is 0.221 e. The third kappa shape index (κ3) is 3.77. The Kier molecular flexibility index (Phi) is 5.07. The monoisotopic (exact) mass is 352 g/mol. The van der Waals surface area contributed by atoms with Gasteiger partial charge in [0.25, 0.3) is 0 Å². The summed E-state index contributed by atoms with van der Waals surface area (Å²) in [6.45, 7) is 3.22. The summed E-state index contributed by atoms with van der Waals surface area (Å²) < 4.78 is 29.4. The summed E-state index contributed by atoms with van der Waals surface area (Å²) in [5.41, 5.74) is 2.71. The normalized spacial score (nSPS) is 10.6. The van der Waals surface area contributed by atoms with Crippen LogP contribution in [0, 0.1) is 18.6 Å².